The van der Waals surface area contributed by atoms with Crippen LogP contribution in [0, 0.1) is 0 Å². The normalized spacial score (nSPS) is 20.2. The molecule has 0 spiro atoms. The molecule has 140 valence electrons. The molecule has 1 unspecified atom stereocenters. The average Bonchev–Trinajstić information content (AvgIpc) is 2.60. The number of dihydropyridines is 1. The molecular weight excluding hydrogens is 351 g/mol. The molecular formula is C18H18F3NO4. The third-order valence-electron chi connectivity index (χ3n) is 4.35. The number of esters is 2. The summed E-state index contributed by atoms with van der Waals surface area (Å²) in [5.74, 6) is -1.56. The van der Waals surface area contributed by atoms with E-state index in [0.717, 1.165) is 13.2 Å². The van der Waals surface area contributed by atoms with E-state index in [1.165, 1.54) is 45.4 Å². The SMILES string of the molecule is COC(=O)C1=CNC(C)(c2ccccc2C(F)(F)F)C(C(=O)OC)=C1C. The highest BCUT2D eigenvalue weighted by Gasteiger charge is 2.46. The minimum atomic E-state index is -4.62. The summed E-state index contributed by atoms with van der Waals surface area (Å²) in [4.78, 5) is 24.3. The van der Waals surface area contributed by atoms with E-state index in [9.17, 15) is 22.8 Å². The van der Waals surface area contributed by atoms with E-state index < -0.39 is 29.2 Å². The molecule has 1 aromatic rings. The summed E-state index contributed by atoms with van der Waals surface area (Å²) < 4.78 is 49.9. The van der Waals surface area contributed by atoms with Crippen molar-refractivity contribution in [3.63, 3.8) is 0 Å². The maximum Gasteiger partial charge on any atom is 0.416 e. The van der Waals surface area contributed by atoms with Crippen LogP contribution in [0.25, 0.3) is 0 Å². The Balaban J connectivity index is 2.75. The molecule has 0 aliphatic carbocycles. The molecule has 1 N–H and O–H groups in total. The van der Waals surface area contributed by atoms with Crippen molar-refractivity contribution in [3.8, 4) is 0 Å². The van der Waals surface area contributed by atoms with Crippen LogP contribution in [0.5, 0.6) is 0 Å². The van der Waals surface area contributed by atoms with E-state index in [-0.39, 0.29) is 22.3 Å². The van der Waals surface area contributed by atoms with Gasteiger partial charge < -0.3 is 14.8 Å². The lowest BCUT2D eigenvalue weighted by Gasteiger charge is -2.38. The fraction of sp³-hybridized carbons (Fsp3) is 0.333. The van der Waals surface area contributed by atoms with Gasteiger partial charge in [0.1, 0.15) is 0 Å². The minimum absolute atomic E-state index is 0.0369. The Morgan fingerprint density at radius 1 is 1.08 bits per heavy atom. The number of rotatable bonds is 3. The van der Waals surface area contributed by atoms with Crippen molar-refractivity contribution in [2.75, 3.05) is 14.2 Å². The highest BCUT2D eigenvalue weighted by molar-refractivity contribution is 6.00. The van der Waals surface area contributed by atoms with Crippen molar-refractivity contribution in [3.05, 3.63) is 58.3 Å². The van der Waals surface area contributed by atoms with Gasteiger partial charge in [0, 0.05) is 6.20 Å². The lowest BCUT2D eigenvalue weighted by molar-refractivity contribution is -0.140. The fourth-order valence-electron chi connectivity index (χ4n) is 3.07. The van der Waals surface area contributed by atoms with Crippen molar-refractivity contribution in [2.24, 2.45) is 0 Å². The van der Waals surface area contributed by atoms with Crippen LogP contribution in [0.1, 0.15) is 25.0 Å². The van der Waals surface area contributed by atoms with Crippen LogP contribution in [0.15, 0.2) is 47.2 Å². The van der Waals surface area contributed by atoms with Crippen molar-refractivity contribution in [1.29, 1.82) is 0 Å². The van der Waals surface area contributed by atoms with E-state index in [0.29, 0.717) is 0 Å². The van der Waals surface area contributed by atoms with Gasteiger partial charge in [-0.3, -0.25) is 0 Å². The summed E-state index contributed by atoms with van der Waals surface area (Å²) in [5, 5.41) is 2.76. The number of methoxy groups -OCH3 is 2. The molecule has 1 aliphatic rings. The molecule has 1 aliphatic heterocycles. The fourth-order valence-corrected chi connectivity index (χ4v) is 3.07. The van der Waals surface area contributed by atoms with E-state index in [1.807, 2.05) is 0 Å². The number of hydrogen-bond donors (Lipinski definition) is 1. The maximum absolute atomic E-state index is 13.5. The van der Waals surface area contributed by atoms with Crippen molar-refractivity contribution in [1.82, 2.24) is 5.32 Å². The molecule has 0 bridgehead atoms. The zero-order chi connectivity index (χ0) is 19.7. The van der Waals surface area contributed by atoms with Gasteiger partial charge in [-0.2, -0.15) is 13.2 Å². The maximum atomic E-state index is 13.5. The summed E-state index contributed by atoms with van der Waals surface area (Å²) in [6, 6.07) is 4.93. The lowest BCUT2D eigenvalue weighted by Crippen LogP contribution is -2.46. The topological polar surface area (TPSA) is 64.6 Å². The first-order chi connectivity index (χ1) is 12.1. The largest absolute Gasteiger partial charge is 0.466 e. The van der Waals surface area contributed by atoms with Gasteiger partial charge in [0.15, 0.2) is 0 Å². The number of hydrogen-bond acceptors (Lipinski definition) is 5. The Morgan fingerprint density at radius 3 is 2.19 bits per heavy atom. The predicted molar refractivity (Wildman–Crippen MR) is 86.7 cm³/mol. The van der Waals surface area contributed by atoms with Gasteiger partial charge in [-0.25, -0.2) is 9.59 Å². The standard InChI is InChI=1S/C18H18F3NO4/c1-10-11(15(23)25-3)9-22-17(2,14(10)16(24)26-4)12-7-5-6-8-13(12)18(19,20)21/h5-9,22H,1-4H3. The van der Waals surface area contributed by atoms with E-state index >= 15 is 0 Å². The molecule has 2 rings (SSSR count). The smallest absolute Gasteiger partial charge is 0.416 e. The summed E-state index contributed by atoms with van der Waals surface area (Å²) in [6.07, 6.45) is -3.37. The second-order valence-corrected chi connectivity index (χ2v) is 5.85. The monoisotopic (exact) mass is 369 g/mol. The third-order valence-corrected chi connectivity index (χ3v) is 4.35. The number of carbonyl (C=O) groups is 2. The predicted octanol–water partition coefficient (Wildman–Crippen LogP) is 3.07. The summed E-state index contributed by atoms with van der Waals surface area (Å²) in [5.41, 5.74) is -2.48. The Labute approximate surface area is 148 Å². The molecule has 5 nitrogen and oxygen atoms in total. The quantitative estimate of drug-likeness (QED) is 0.830. The number of benzene rings is 1. The van der Waals surface area contributed by atoms with E-state index in [4.69, 9.17) is 4.74 Å². The zero-order valence-electron chi connectivity index (χ0n) is 14.7. The molecule has 0 aromatic heterocycles. The first-order valence-electron chi connectivity index (χ1n) is 7.60. The van der Waals surface area contributed by atoms with Crippen LogP contribution in [-0.4, -0.2) is 26.2 Å². The molecule has 0 radical (unpaired) electrons. The van der Waals surface area contributed by atoms with Gasteiger partial charge in [-0.1, -0.05) is 18.2 Å². The highest BCUT2D eigenvalue weighted by atomic mass is 19.4. The Bertz CT molecular complexity index is 811. The molecule has 1 heterocycles. The second-order valence-electron chi connectivity index (χ2n) is 5.85. The number of nitrogens with one attached hydrogen (secondary N) is 1. The molecule has 8 heteroatoms. The molecule has 0 saturated carbocycles. The third kappa shape index (κ3) is 3.18. The van der Waals surface area contributed by atoms with Crippen molar-refractivity contribution >= 4 is 11.9 Å². The van der Waals surface area contributed by atoms with Crippen LogP contribution < -0.4 is 5.32 Å². The van der Waals surface area contributed by atoms with Crippen LogP contribution in [0.2, 0.25) is 0 Å². The number of alkyl halides is 3. The number of halogens is 3. The summed E-state index contributed by atoms with van der Waals surface area (Å²) in [7, 11) is 2.29. The van der Waals surface area contributed by atoms with Gasteiger partial charge in [-0.05, 0) is 31.1 Å². The second kappa shape index (κ2) is 6.86. The van der Waals surface area contributed by atoms with Crippen LogP contribution in [0.4, 0.5) is 13.2 Å². The molecule has 26 heavy (non-hydrogen) atoms. The molecule has 0 fully saturated rings. The first-order valence-corrected chi connectivity index (χ1v) is 7.60. The van der Waals surface area contributed by atoms with Gasteiger partial charge in [0.25, 0.3) is 0 Å². The molecule has 0 saturated heterocycles. The number of ether oxygens (including phenoxy) is 2. The lowest BCUT2D eigenvalue weighted by atomic mass is 9.76. The van der Waals surface area contributed by atoms with Gasteiger partial charge in [-0.15, -0.1) is 0 Å². The van der Waals surface area contributed by atoms with Crippen LogP contribution >= 0.6 is 0 Å². The summed E-state index contributed by atoms with van der Waals surface area (Å²) in [6.45, 7) is 2.89. The van der Waals surface area contributed by atoms with Gasteiger partial charge in [0.05, 0.1) is 36.5 Å². The molecule has 1 aromatic carbocycles. The average molecular weight is 369 g/mol. The molecule has 0 amide bonds. The zero-order valence-corrected chi connectivity index (χ0v) is 14.7. The first kappa shape index (κ1) is 19.6. The molecule has 1 atom stereocenters. The summed E-state index contributed by atoms with van der Waals surface area (Å²) >= 11 is 0. The Hall–Kier alpha value is -2.77. The van der Waals surface area contributed by atoms with Gasteiger partial charge >= 0.3 is 18.1 Å². The minimum Gasteiger partial charge on any atom is -0.466 e. The van der Waals surface area contributed by atoms with Crippen molar-refractivity contribution in [2.45, 2.75) is 25.6 Å². The van der Waals surface area contributed by atoms with Gasteiger partial charge in [0.2, 0.25) is 0 Å². The van der Waals surface area contributed by atoms with Crippen LogP contribution in [0.3, 0.4) is 0 Å². The van der Waals surface area contributed by atoms with E-state index in [1.54, 1.807) is 0 Å². The highest BCUT2D eigenvalue weighted by Crippen LogP contribution is 2.43. The Morgan fingerprint density at radius 2 is 1.65 bits per heavy atom. The van der Waals surface area contributed by atoms with Crippen molar-refractivity contribution < 1.29 is 32.2 Å². The van der Waals surface area contributed by atoms with E-state index in [2.05, 4.69) is 10.1 Å². The number of carbonyl (C=O) groups excluding carboxylic acids is 2. The Kier molecular flexibility index (Phi) is 5.16. The van der Waals surface area contributed by atoms with Crippen LogP contribution in [-0.2, 0) is 30.8 Å².